The summed E-state index contributed by atoms with van der Waals surface area (Å²) in [6, 6.07) is 10.3. The number of hydrogen-bond acceptors (Lipinski definition) is 4. The molecule has 0 fully saturated rings. The molecule has 2 rings (SSSR count). The predicted molar refractivity (Wildman–Crippen MR) is 121 cm³/mol. The maximum absolute atomic E-state index is 12.9. The lowest BCUT2D eigenvalue weighted by Crippen LogP contribution is -2.46. The Hall–Kier alpha value is -3.19. The summed E-state index contributed by atoms with van der Waals surface area (Å²) in [5.74, 6) is -1.66. The summed E-state index contributed by atoms with van der Waals surface area (Å²) in [7, 11) is 0. The average Bonchev–Trinajstić information content (AvgIpc) is 3.28. The van der Waals surface area contributed by atoms with E-state index in [-0.39, 0.29) is 24.0 Å². The molecule has 0 saturated carbocycles. The highest BCUT2D eigenvalue weighted by Gasteiger charge is 2.28. The molecule has 0 bridgehead atoms. The van der Waals surface area contributed by atoms with E-state index < -0.39 is 17.9 Å². The van der Waals surface area contributed by atoms with Crippen molar-refractivity contribution < 1.29 is 19.6 Å². The van der Waals surface area contributed by atoms with Gasteiger partial charge in [0, 0.05) is 36.7 Å². The van der Waals surface area contributed by atoms with Gasteiger partial charge in [0.2, 0.25) is 11.8 Å². The second-order valence-corrected chi connectivity index (χ2v) is 7.69. The molecule has 4 N–H and O–H groups in total. The van der Waals surface area contributed by atoms with Gasteiger partial charge in [-0.3, -0.25) is 19.6 Å². The van der Waals surface area contributed by atoms with E-state index in [0.29, 0.717) is 18.4 Å². The first-order valence-electron chi connectivity index (χ1n) is 10.3. The van der Waals surface area contributed by atoms with Crippen LogP contribution in [-0.2, 0) is 16.0 Å². The molecule has 7 heteroatoms. The van der Waals surface area contributed by atoms with Gasteiger partial charge in [-0.2, -0.15) is 0 Å². The quantitative estimate of drug-likeness (QED) is 0.201. The van der Waals surface area contributed by atoms with Crippen molar-refractivity contribution in [2.75, 3.05) is 0 Å². The van der Waals surface area contributed by atoms with E-state index in [2.05, 4.69) is 16.9 Å². The fourth-order valence-electron chi connectivity index (χ4n) is 3.15. The average molecular weight is 428 g/mol. The molecule has 31 heavy (non-hydrogen) atoms. The van der Waals surface area contributed by atoms with E-state index in [1.807, 2.05) is 51.1 Å². The number of hydrogen-bond donors (Lipinski definition) is 4. The SMILES string of the molecule is C=CC.CC(C)C[C@H](CC(=O)NO)C(=O)NC(Cc1ccccc1)C(=O)c1cc[nH]c1. The van der Waals surface area contributed by atoms with Crippen molar-refractivity contribution in [2.45, 2.75) is 46.1 Å². The van der Waals surface area contributed by atoms with Gasteiger partial charge < -0.3 is 10.3 Å². The minimum absolute atomic E-state index is 0.142. The Morgan fingerprint density at radius 1 is 1.16 bits per heavy atom. The van der Waals surface area contributed by atoms with Crippen LogP contribution in [0, 0.1) is 11.8 Å². The lowest BCUT2D eigenvalue weighted by atomic mass is 9.91. The first-order chi connectivity index (χ1) is 14.8. The van der Waals surface area contributed by atoms with Crippen molar-refractivity contribution in [3.05, 3.63) is 72.6 Å². The summed E-state index contributed by atoms with van der Waals surface area (Å²) in [5.41, 5.74) is 2.97. The molecule has 0 aliphatic carbocycles. The van der Waals surface area contributed by atoms with Gasteiger partial charge in [0.25, 0.3) is 0 Å². The highest BCUT2D eigenvalue weighted by Crippen LogP contribution is 2.17. The summed E-state index contributed by atoms with van der Waals surface area (Å²) in [4.78, 5) is 40.2. The zero-order valence-electron chi connectivity index (χ0n) is 18.4. The van der Waals surface area contributed by atoms with E-state index in [1.54, 1.807) is 30.0 Å². The van der Waals surface area contributed by atoms with Crippen molar-refractivity contribution in [3.8, 4) is 0 Å². The third kappa shape index (κ3) is 9.44. The van der Waals surface area contributed by atoms with E-state index in [0.717, 1.165) is 5.56 Å². The molecular formula is C24H33N3O4. The Kier molecular flexibility index (Phi) is 11.6. The van der Waals surface area contributed by atoms with Gasteiger partial charge in [0.15, 0.2) is 5.78 Å². The summed E-state index contributed by atoms with van der Waals surface area (Å²) in [6.45, 7) is 9.15. The normalized spacial score (nSPS) is 12.2. The van der Waals surface area contributed by atoms with E-state index in [9.17, 15) is 14.4 Å². The molecule has 0 radical (unpaired) electrons. The molecule has 7 nitrogen and oxygen atoms in total. The van der Waals surface area contributed by atoms with Crippen LogP contribution in [0.2, 0.25) is 0 Å². The van der Waals surface area contributed by atoms with Gasteiger partial charge >= 0.3 is 0 Å². The van der Waals surface area contributed by atoms with Gasteiger partial charge in [-0.05, 0) is 30.9 Å². The number of amides is 2. The first-order valence-corrected chi connectivity index (χ1v) is 10.3. The number of aromatic amines is 1. The molecule has 2 aromatic rings. The number of Topliss-reactive ketones (excluding diaryl/α,β-unsaturated/α-hetero) is 1. The molecular weight excluding hydrogens is 394 g/mol. The molecule has 1 aromatic carbocycles. The van der Waals surface area contributed by atoms with Gasteiger partial charge in [0.05, 0.1) is 6.04 Å². The number of benzene rings is 1. The number of rotatable bonds is 10. The van der Waals surface area contributed by atoms with Crippen molar-refractivity contribution in [2.24, 2.45) is 11.8 Å². The number of H-pyrrole nitrogens is 1. The van der Waals surface area contributed by atoms with Crippen molar-refractivity contribution >= 4 is 17.6 Å². The minimum atomic E-state index is -0.752. The molecule has 2 amide bonds. The third-order valence-corrected chi connectivity index (χ3v) is 4.48. The summed E-state index contributed by atoms with van der Waals surface area (Å²) in [6.07, 6.45) is 5.67. The number of carbonyl (C=O) groups is 3. The zero-order chi connectivity index (χ0) is 23.2. The molecule has 0 saturated heterocycles. The fourth-order valence-corrected chi connectivity index (χ4v) is 3.15. The van der Waals surface area contributed by atoms with Gasteiger partial charge in [-0.1, -0.05) is 50.3 Å². The van der Waals surface area contributed by atoms with Crippen LogP contribution in [0.1, 0.15) is 49.5 Å². The van der Waals surface area contributed by atoms with Crippen LogP contribution in [0.3, 0.4) is 0 Å². The molecule has 2 atom stereocenters. The topological polar surface area (TPSA) is 111 Å². The second-order valence-electron chi connectivity index (χ2n) is 7.69. The molecule has 0 aliphatic rings. The van der Waals surface area contributed by atoms with Crippen LogP contribution < -0.4 is 10.8 Å². The molecule has 0 spiro atoms. The van der Waals surface area contributed by atoms with Crippen LogP contribution in [0.25, 0.3) is 0 Å². The monoisotopic (exact) mass is 427 g/mol. The van der Waals surface area contributed by atoms with Crippen LogP contribution >= 0.6 is 0 Å². The predicted octanol–water partition coefficient (Wildman–Crippen LogP) is 3.68. The number of allylic oxidation sites excluding steroid dienone is 1. The Labute approximate surface area is 183 Å². The minimum Gasteiger partial charge on any atom is -0.367 e. The fraction of sp³-hybridized carbons (Fsp3) is 0.375. The van der Waals surface area contributed by atoms with Crippen molar-refractivity contribution in [3.63, 3.8) is 0 Å². The number of ketones is 1. The highest BCUT2D eigenvalue weighted by molar-refractivity contribution is 6.02. The van der Waals surface area contributed by atoms with Crippen LogP contribution in [0.15, 0.2) is 61.4 Å². The standard InChI is InChI=1S/C21H27N3O4.C3H6/c1-14(2)10-17(12-19(25)24-28)21(27)23-18(11-15-6-4-3-5-7-15)20(26)16-8-9-22-13-16;1-3-2/h3-9,13-14,17-18,22,28H,10-12H2,1-2H3,(H,23,27)(H,24,25);3H,1H2,2H3/t17-,18?;/m1./s1. The Balaban J connectivity index is 0.00000151. The smallest absolute Gasteiger partial charge is 0.244 e. The summed E-state index contributed by atoms with van der Waals surface area (Å²) < 4.78 is 0. The number of nitrogens with one attached hydrogen (secondary N) is 3. The molecule has 1 heterocycles. The van der Waals surface area contributed by atoms with Crippen molar-refractivity contribution in [1.82, 2.24) is 15.8 Å². The van der Waals surface area contributed by atoms with E-state index >= 15 is 0 Å². The van der Waals surface area contributed by atoms with Gasteiger partial charge in [0.1, 0.15) is 0 Å². The highest BCUT2D eigenvalue weighted by atomic mass is 16.5. The largest absolute Gasteiger partial charge is 0.367 e. The zero-order valence-corrected chi connectivity index (χ0v) is 18.4. The van der Waals surface area contributed by atoms with Crippen LogP contribution in [-0.4, -0.2) is 33.8 Å². The number of hydroxylamine groups is 1. The lowest BCUT2D eigenvalue weighted by Gasteiger charge is -2.22. The molecule has 168 valence electrons. The molecule has 1 aromatic heterocycles. The Morgan fingerprint density at radius 2 is 1.81 bits per heavy atom. The third-order valence-electron chi connectivity index (χ3n) is 4.48. The first kappa shape index (κ1) is 25.8. The number of carbonyl (C=O) groups excluding carboxylic acids is 3. The summed E-state index contributed by atoms with van der Waals surface area (Å²) in [5, 5.41) is 11.6. The maximum atomic E-state index is 12.9. The van der Waals surface area contributed by atoms with E-state index in [4.69, 9.17) is 5.21 Å². The number of aromatic nitrogens is 1. The van der Waals surface area contributed by atoms with Crippen molar-refractivity contribution in [1.29, 1.82) is 0 Å². The van der Waals surface area contributed by atoms with Crippen LogP contribution in [0.5, 0.6) is 0 Å². The Bertz CT molecular complexity index is 817. The lowest BCUT2D eigenvalue weighted by molar-refractivity contribution is -0.135. The van der Waals surface area contributed by atoms with Crippen LogP contribution in [0.4, 0.5) is 0 Å². The van der Waals surface area contributed by atoms with E-state index in [1.165, 1.54) is 0 Å². The Morgan fingerprint density at radius 3 is 2.32 bits per heavy atom. The summed E-state index contributed by atoms with van der Waals surface area (Å²) >= 11 is 0. The maximum Gasteiger partial charge on any atom is 0.244 e. The van der Waals surface area contributed by atoms with Gasteiger partial charge in [-0.25, -0.2) is 5.48 Å². The molecule has 1 unspecified atom stereocenters. The second kappa shape index (κ2) is 13.9. The van der Waals surface area contributed by atoms with Gasteiger partial charge in [-0.15, -0.1) is 6.58 Å². The molecule has 0 aliphatic heterocycles.